The summed E-state index contributed by atoms with van der Waals surface area (Å²) >= 11 is 0. The van der Waals surface area contributed by atoms with Crippen molar-refractivity contribution in [2.45, 2.75) is 32.1 Å². The number of benzene rings is 2. The smallest absolute Gasteiger partial charge is 0.336 e. The van der Waals surface area contributed by atoms with E-state index in [9.17, 15) is 9.59 Å². The number of hydrogen-bond donors (Lipinski definition) is 1. The number of unbranched alkanes of at least 4 members (excludes halogenated alkanes) is 3. The highest BCUT2D eigenvalue weighted by molar-refractivity contribution is 5.87. The minimum absolute atomic E-state index is 0.297. The molecule has 1 amide bonds. The molecule has 0 saturated carbocycles. The van der Waals surface area contributed by atoms with E-state index in [0.717, 1.165) is 24.1 Å². The molecule has 0 spiro atoms. The minimum atomic E-state index is -0.350. The van der Waals surface area contributed by atoms with Gasteiger partial charge in [0.1, 0.15) is 16.6 Å². The van der Waals surface area contributed by atoms with Crippen LogP contribution in [0.4, 0.5) is 4.79 Å². The van der Waals surface area contributed by atoms with Crippen molar-refractivity contribution in [3.63, 3.8) is 0 Å². The summed E-state index contributed by atoms with van der Waals surface area (Å²) in [4.78, 5) is 30.6. The number of nitrogens with one attached hydrogen (secondary N) is 1. The lowest BCUT2D eigenvalue weighted by Crippen LogP contribution is -2.30. The Morgan fingerprint density at radius 2 is 1.50 bits per heavy atom. The molecule has 10 nitrogen and oxygen atoms in total. The Morgan fingerprint density at radius 3 is 2.33 bits per heavy atom. The van der Waals surface area contributed by atoms with Crippen molar-refractivity contribution < 1.29 is 14.4 Å². The summed E-state index contributed by atoms with van der Waals surface area (Å²) in [6, 6.07) is 14.3. The van der Waals surface area contributed by atoms with E-state index >= 15 is 0 Å². The summed E-state index contributed by atoms with van der Waals surface area (Å²) in [5, 5.41) is 18.5. The van der Waals surface area contributed by atoms with Gasteiger partial charge in [-0.1, -0.05) is 47.2 Å². The van der Waals surface area contributed by atoms with Gasteiger partial charge in [-0.05, 0) is 42.3 Å². The first-order chi connectivity index (χ1) is 14.7. The highest BCUT2D eigenvalue weighted by Crippen LogP contribution is 2.10. The maximum atomic E-state index is 12.2. The molecule has 4 rings (SSSR count). The molecule has 1 N–H and O–H groups in total. The SMILES string of the molecule is O=C(CCCCCCNC(=O)n1nnc2ccccc21)On1nnc2ccccc21. The summed E-state index contributed by atoms with van der Waals surface area (Å²) in [5.41, 5.74) is 2.68. The maximum Gasteiger partial charge on any atom is 0.344 e. The maximum absolute atomic E-state index is 12.2. The van der Waals surface area contributed by atoms with E-state index in [2.05, 4.69) is 25.9 Å². The summed E-state index contributed by atoms with van der Waals surface area (Å²) in [6.45, 7) is 0.530. The van der Waals surface area contributed by atoms with Crippen molar-refractivity contribution in [1.29, 1.82) is 0 Å². The van der Waals surface area contributed by atoms with Crippen LogP contribution in [-0.4, -0.2) is 48.7 Å². The fourth-order valence-electron chi connectivity index (χ4n) is 3.09. The average Bonchev–Trinajstić information content (AvgIpc) is 3.37. The molecule has 0 fully saturated rings. The van der Waals surface area contributed by atoms with Crippen molar-refractivity contribution in [1.82, 2.24) is 35.5 Å². The van der Waals surface area contributed by atoms with Crippen LogP contribution in [0, 0.1) is 0 Å². The van der Waals surface area contributed by atoms with Crippen LogP contribution in [0.15, 0.2) is 48.5 Å². The molecular formula is C20H21N7O3. The van der Waals surface area contributed by atoms with Crippen LogP contribution >= 0.6 is 0 Å². The van der Waals surface area contributed by atoms with Crippen LogP contribution < -0.4 is 10.2 Å². The van der Waals surface area contributed by atoms with Crippen LogP contribution in [0.5, 0.6) is 0 Å². The van der Waals surface area contributed by atoms with Gasteiger partial charge in [-0.2, -0.15) is 4.68 Å². The molecule has 30 heavy (non-hydrogen) atoms. The second-order valence-corrected chi connectivity index (χ2v) is 6.80. The lowest BCUT2D eigenvalue weighted by atomic mass is 10.1. The largest absolute Gasteiger partial charge is 0.344 e. The first kappa shape index (κ1) is 19.5. The standard InChI is InChI=1S/C20H21N7O3/c28-19(30-27-18-12-7-5-10-16(18)23-25-27)13-3-1-2-8-14-21-20(29)26-17-11-6-4-9-15(17)22-24-26/h4-7,9-12H,1-3,8,13-14H2,(H,21,29). The predicted molar refractivity (Wildman–Crippen MR) is 109 cm³/mol. The van der Waals surface area contributed by atoms with Crippen LogP contribution in [0.3, 0.4) is 0 Å². The molecule has 2 aromatic carbocycles. The van der Waals surface area contributed by atoms with E-state index in [1.165, 1.54) is 4.68 Å². The minimum Gasteiger partial charge on any atom is -0.336 e. The fourth-order valence-corrected chi connectivity index (χ4v) is 3.09. The van der Waals surface area contributed by atoms with Crippen LogP contribution in [0.25, 0.3) is 22.1 Å². The molecular weight excluding hydrogens is 386 g/mol. The first-order valence-electron chi connectivity index (χ1n) is 9.82. The first-order valence-corrected chi connectivity index (χ1v) is 9.82. The number of fused-ring (bicyclic) bond motifs is 2. The Labute approximate surface area is 171 Å². The Kier molecular flexibility index (Phi) is 5.93. The van der Waals surface area contributed by atoms with E-state index in [1.807, 2.05) is 30.3 Å². The quantitative estimate of drug-likeness (QED) is 0.352. The zero-order valence-corrected chi connectivity index (χ0v) is 16.3. The monoisotopic (exact) mass is 407 g/mol. The molecule has 0 atom stereocenters. The van der Waals surface area contributed by atoms with Gasteiger partial charge in [0.05, 0.1) is 5.52 Å². The molecule has 0 aliphatic carbocycles. The number of rotatable bonds is 8. The number of nitrogens with zero attached hydrogens (tertiary/aromatic N) is 6. The van der Waals surface area contributed by atoms with Crippen molar-refractivity contribution in [3.8, 4) is 0 Å². The Hall–Kier alpha value is -3.82. The zero-order chi connectivity index (χ0) is 20.8. The molecule has 0 aliphatic rings. The van der Waals surface area contributed by atoms with E-state index in [1.54, 1.807) is 18.2 Å². The number of carbonyl (C=O) groups is 2. The van der Waals surface area contributed by atoms with Gasteiger partial charge < -0.3 is 10.2 Å². The van der Waals surface area contributed by atoms with Crippen LogP contribution in [0.1, 0.15) is 32.1 Å². The topological polar surface area (TPSA) is 117 Å². The second kappa shape index (κ2) is 9.12. The van der Waals surface area contributed by atoms with Gasteiger partial charge in [0.2, 0.25) is 0 Å². The molecule has 0 unspecified atom stereocenters. The Balaban J connectivity index is 1.12. The van der Waals surface area contributed by atoms with Gasteiger partial charge in [0, 0.05) is 13.0 Å². The van der Waals surface area contributed by atoms with Crippen LogP contribution in [-0.2, 0) is 4.79 Å². The lowest BCUT2D eigenvalue weighted by molar-refractivity contribution is -0.145. The lowest BCUT2D eigenvalue weighted by Gasteiger charge is -2.05. The molecule has 0 aliphatic heterocycles. The summed E-state index contributed by atoms with van der Waals surface area (Å²) in [6.07, 6.45) is 3.55. The third-order valence-electron chi connectivity index (χ3n) is 4.64. The molecule has 0 radical (unpaired) electrons. The second-order valence-electron chi connectivity index (χ2n) is 6.80. The van der Waals surface area contributed by atoms with Crippen molar-refractivity contribution in [2.75, 3.05) is 6.54 Å². The van der Waals surface area contributed by atoms with Gasteiger partial charge in [0.25, 0.3) is 0 Å². The Morgan fingerprint density at radius 1 is 0.833 bits per heavy atom. The number of carbonyl (C=O) groups excluding carboxylic acids is 2. The molecule has 0 bridgehead atoms. The summed E-state index contributed by atoms with van der Waals surface area (Å²) in [5.74, 6) is -0.350. The van der Waals surface area contributed by atoms with Gasteiger partial charge in [-0.15, -0.1) is 10.2 Å². The average molecular weight is 407 g/mol. The van der Waals surface area contributed by atoms with E-state index < -0.39 is 0 Å². The molecule has 0 saturated heterocycles. The van der Waals surface area contributed by atoms with Gasteiger partial charge in [-0.25, -0.2) is 9.59 Å². The normalized spacial score (nSPS) is 11.1. The van der Waals surface area contributed by atoms with Gasteiger partial charge >= 0.3 is 12.0 Å². The molecule has 2 aromatic heterocycles. The van der Waals surface area contributed by atoms with Gasteiger partial charge in [-0.3, -0.25) is 0 Å². The fraction of sp³-hybridized carbons (Fsp3) is 0.300. The zero-order valence-electron chi connectivity index (χ0n) is 16.3. The molecule has 4 aromatic rings. The third kappa shape index (κ3) is 4.43. The molecule has 154 valence electrons. The highest BCUT2D eigenvalue weighted by Gasteiger charge is 2.11. The summed E-state index contributed by atoms with van der Waals surface area (Å²) in [7, 11) is 0. The van der Waals surface area contributed by atoms with Crippen LogP contribution in [0.2, 0.25) is 0 Å². The summed E-state index contributed by atoms with van der Waals surface area (Å²) < 4.78 is 1.26. The van der Waals surface area contributed by atoms with E-state index in [4.69, 9.17) is 4.84 Å². The van der Waals surface area contributed by atoms with Crippen molar-refractivity contribution >= 4 is 34.1 Å². The Bertz CT molecular complexity index is 1170. The van der Waals surface area contributed by atoms with Crippen molar-refractivity contribution in [2.24, 2.45) is 0 Å². The number of aromatic nitrogens is 6. The van der Waals surface area contributed by atoms with Crippen molar-refractivity contribution in [3.05, 3.63) is 48.5 Å². The molecule has 10 heteroatoms. The number of para-hydroxylation sites is 2. The van der Waals surface area contributed by atoms with E-state index in [0.29, 0.717) is 41.5 Å². The third-order valence-corrected chi connectivity index (χ3v) is 4.64. The number of amides is 1. The predicted octanol–water partition coefficient (Wildman–Crippen LogP) is 2.34. The van der Waals surface area contributed by atoms with E-state index in [-0.39, 0.29) is 12.0 Å². The van der Waals surface area contributed by atoms with Gasteiger partial charge in [0.15, 0.2) is 0 Å². The number of hydrogen-bond acceptors (Lipinski definition) is 7. The highest BCUT2D eigenvalue weighted by atomic mass is 16.7. The molecule has 2 heterocycles.